The lowest BCUT2D eigenvalue weighted by Crippen LogP contribution is -2.21. The Morgan fingerprint density at radius 2 is 2.18 bits per heavy atom. The third-order valence-corrected chi connectivity index (χ3v) is 3.96. The van der Waals surface area contributed by atoms with Crippen LogP contribution < -0.4 is 5.32 Å². The molecule has 1 N–H and O–H groups in total. The molecule has 0 saturated heterocycles. The minimum absolute atomic E-state index is 0.105. The van der Waals surface area contributed by atoms with Gasteiger partial charge >= 0.3 is 0 Å². The van der Waals surface area contributed by atoms with E-state index in [0.717, 1.165) is 23.9 Å². The number of aromatic nitrogens is 3. The molecule has 1 fully saturated rings. The molecule has 0 spiro atoms. The van der Waals surface area contributed by atoms with E-state index in [1.807, 2.05) is 10.7 Å². The fourth-order valence-corrected chi connectivity index (χ4v) is 2.83. The molecule has 0 bridgehead atoms. The molecule has 1 amide bonds. The first-order chi connectivity index (χ1) is 10.6. The summed E-state index contributed by atoms with van der Waals surface area (Å²) in [5, 5.41) is 8.07. The molecule has 0 unspecified atom stereocenters. The summed E-state index contributed by atoms with van der Waals surface area (Å²) in [5.74, 6) is -0.135. The van der Waals surface area contributed by atoms with Crippen LogP contribution in [0.1, 0.15) is 45.6 Å². The summed E-state index contributed by atoms with van der Waals surface area (Å²) >= 11 is 0. The second kappa shape index (κ2) is 6.44. The molecule has 0 aliphatic heterocycles. The summed E-state index contributed by atoms with van der Waals surface area (Å²) in [4.78, 5) is 16.3. The molecule has 0 atom stereocenters. The van der Waals surface area contributed by atoms with Crippen molar-refractivity contribution in [3.63, 3.8) is 0 Å². The van der Waals surface area contributed by atoms with Crippen molar-refractivity contribution in [1.29, 1.82) is 0 Å². The maximum atomic E-state index is 11.9. The minimum Gasteiger partial charge on any atom is -0.368 e. The largest absolute Gasteiger partial charge is 0.368 e. The molecule has 1 aliphatic rings. The van der Waals surface area contributed by atoms with Crippen molar-refractivity contribution in [1.82, 2.24) is 14.8 Å². The second-order valence-electron chi connectivity index (χ2n) is 6.09. The van der Waals surface area contributed by atoms with E-state index in [1.165, 1.54) is 12.8 Å². The van der Waals surface area contributed by atoms with E-state index in [4.69, 9.17) is 4.74 Å². The van der Waals surface area contributed by atoms with Crippen LogP contribution in [0.25, 0.3) is 11.0 Å². The van der Waals surface area contributed by atoms with Crippen LogP contribution in [0.3, 0.4) is 0 Å². The highest BCUT2D eigenvalue weighted by molar-refractivity contribution is 5.93. The number of anilines is 1. The molecule has 2 heterocycles. The van der Waals surface area contributed by atoms with E-state index in [2.05, 4.69) is 29.2 Å². The predicted molar refractivity (Wildman–Crippen MR) is 84.8 cm³/mol. The molecule has 0 aromatic carbocycles. The van der Waals surface area contributed by atoms with Gasteiger partial charge in [-0.3, -0.25) is 4.79 Å². The second-order valence-corrected chi connectivity index (χ2v) is 6.09. The Morgan fingerprint density at radius 1 is 1.41 bits per heavy atom. The summed E-state index contributed by atoms with van der Waals surface area (Å²) in [6.07, 6.45) is 8.21. The number of pyridine rings is 1. The van der Waals surface area contributed by atoms with Crippen molar-refractivity contribution in [2.75, 3.05) is 11.9 Å². The lowest BCUT2D eigenvalue weighted by Gasteiger charge is -2.11. The van der Waals surface area contributed by atoms with Crippen molar-refractivity contribution in [2.45, 2.75) is 51.7 Å². The number of ether oxygens (including phenoxy) is 1. The van der Waals surface area contributed by atoms with Crippen LogP contribution in [-0.4, -0.2) is 33.4 Å². The van der Waals surface area contributed by atoms with Gasteiger partial charge in [-0.2, -0.15) is 5.10 Å². The molecule has 1 saturated carbocycles. The third-order valence-electron chi connectivity index (χ3n) is 3.96. The molecule has 1 aliphatic carbocycles. The Hall–Kier alpha value is -1.95. The van der Waals surface area contributed by atoms with Crippen molar-refractivity contribution < 1.29 is 9.53 Å². The van der Waals surface area contributed by atoms with Gasteiger partial charge in [-0.25, -0.2) is 9.67 Å². The van der Waals surface area contributed by atoms with Gasteiger partial charge in [0.2, 0.25) is 5.91 Å². The predicted octanol–water partition coefficient (Wildman–Crippen LogP) is 2.91. The maximum Gasteiger partial charge on any atom is 0.250 e. The monoisotopic (exact) mass is 302 g/mol. The van der Waals surface area contributed by atoms with Gasteiger partial charge in [-0.15, -0.1) is 0 Å². The normalized spacial score (nSPS) is 15.8. The van der Waals surface area contributed by atoms with Gasteiger partial charge in [0, 0.05) is 11.4 Å². The Kier molecular flexibility index (Phi) is 4.38. The van der Waals surface area contributed by atoms with E-state index >= 15 is 0 Å². The first kappa shape index (κ1) is 15.0. The van der Waals surface area contributed by atoms with Crippen LogP contribution in [0.4, 0.5) is 5.69 Å². The quantitative estimate of drug-likeness (QED) is 0.922. The van der Waals surface area contributed by atoms with Crippen LogP contribution >= 0.6 is 0 Å². The molecule has 0 radical (unpaired) electrons. The lowest BCUT2D eigenvalue weighted by molar-refractivity contribution is -0.122. The SMILES string of the molecule is CC(C)n1ncc2cc(NC(=O)COC3CCCC3)cnc21. The summed E-state index contributed by atoms with van der Waals surface area (Å²) in [6.45, 7) is 4.22. The zero-order valence-corrected chi connectivity index (χ0v) is 13.1. The van der Waals surface area contributed by atoms with Gasteiger partial charge in [-0.05, 0) is 32.8 Å². The van der Waals surface area contributed by atoms with E-state index in [9.17, 15) is 4.79 Å². The van der Waals surface area contributed by atoms with E-state index < -0.39 is 0 Å². The highest BCUT2D eigenvalue weighted by Gasteiger charge is 2.17. The van der Waals surface area contributed by atoms with Gasteiger partial charge in [-0.1, -0.05) is 12.8 Å². The van der Waals surface area contributed by atoms with Crippen molar-refractivity contribution in [2.24, 2.45) is 0 Å². The van der Waals surface area contributed by atoms with Crippen LogP contribution in [0.15, 0.2) is 18.5 Å². The molecule has 2 aromatic rings. The van der Waals surface area contributed by atoms with E-state index in [-0.39, 0.29) is 24.7 Å². The number of fused-ring (bicyclic) bond motifs is 1. The van der Waals surface area contributed by atoms with E-state index in [0.29, 0.717) is 5.69 Å². The van der Waals surface area contributed by atoms with Crippen LogP contribution in [0, 0.1) is 0 Å². The Morgan fingerprint density at radius 3 is 2.91 bits per heavy atom. The lowest BCUT2D eigenvalue weighted by atomic mass is 10.3. The zero-order chi connectivity index (χ0) is 15.5. The zero-order valence-electron chi connectivity index (χ0n) is 13.1. The summed E-state index contributed by atoms with van der Waals surface area (Å²) < 4.78 is 7.48. The summed E-state index contributed by atoms with van der Waals surface area (Å²) in [7, 11) is 0. The Labute approximate surface area is 129 Å². The number of amides is 1. The molecule has 118 valence electrons. The van der Waals surface area contributed by atoms with Crippen molar-refractivity contribution in [3.8, 4) is 0 Å². The number of nitrogens with one attached hydrogen (secondary N) is 1. The average Bonchev–Trinajstić information content (AvgIpc) is 3.14. The number of hydrogen-bond acceptors (Lipinski definition) is 4. The Bertz CT molecular complexity index is 659. The van der Waals surface area contributed by atoms with Crippen LogP contribution in [0.5, 0.6) is 0 Å². The maximum absolute atomic E-state index is 11.9. The molecular weight excluding hydrogens is 280 g/mol. The molecule has 2 aromatic heterocycles. The number of carbonyl (C=O) groups excluding carboxylic acids is 1. The van der Waals surface area contributed by atoms with Gasteiger partial charge in [0.25, 0.3) is 0 Å². The molecular formula is C16H22N4O2. The number of nitrogens with zero attached hydrogens (tertiary/aromatic N) is 3. The molecule has 3 rings (SSSR count). The topological polar surface area (TPSA) is 69.0 Å². The molecule has 6 heteroatoms. The minimum atomic E-state index is -0.135. The third kappa shape index (κ3) is 3.27. The first-order valence-electron chi connectivity index (χ1n) is 7.88. The van der Waals surface area contributed by atoms with Gasteiger partial charge in [0.15, 0.2) is 5.65 Å². The smallest absolute Gasteiger partial charge is 0.250 e. The summed E-state index contributed by atoms with van der Waals surface area (Å²) in [6, 6.07) is 2.15. The number of hydrogen-bond donors (Lipinski definition) is 1. The van der Waals surface area contributed by atoms with Crippen molar-refractivity contribution in [3.05, 3.63) is 18.5 Å². The fourth-order valence-electron chi connectivity index (χ4n) is 2.83. The van der Waals surface area contributed by atoms with Gasteiger partial charge < -0.3 is 10.1 Å². The van der Waals surface area contributed by atoms with Gasteiger partial charge in [0.05, 0.1) is 24.2 Å². The van der Waals surface area contributed by atoms with Crippen LogP contribution in [0.2, 0.25) is 0 Å². The first-order valence-corrected chi connectivity index (χ1v) is 7.88. The van der Waals surface area contributed by atoms with Crippen molar-refractivity contribution >= 4 is 22.6 Å². The molecule has 22 heavy (non-hydrogen) atoms. The van der Waals surface area contributed by atoms with E-state index in [1.54, 1.807) is 12.4 Å². The standard InChI is InChI=1S/C16H22N4O2/c1-11(2)20-16-12(8-18-20)7-13(9-17-16)19-15(21)10-22-14-5-3-4-6-14/h7-9,11,14H,3-6,10H2,1-2H3,(H,19,21). The van der Waals surface area contributed by atoms with Gasteiger partial charge in [0.1, 0.15) is 6.61 Å². The highest BCUT2D eigenvalue weighted by atomic mass is 16.5. The summed E-state index contributed by atoms with van der Waals surface area (Å²) in [5.41, 5.74) is 1.51. The number of rotatable bonds is 5. The average molecular weight is 302 g/mol. The fraction of sp³-hybridized carbons (Fsp3) is 0.562. The molecule has 6 nitrogen and oxygen atoms in total. The van der Waals surface area contributed by atoms with Crippen LogP contribution in [-0.2, 0) is 9.53 Å². The highest BCUT2D eigenvalue weighted by Crippen LogP contribution is 2.21. The number of carbonyl (C=O) groups is 1. The Balaban J connectivity index is 1.62.